The van der Waals surface area contributed by atoms with Crippen LogP contribution >= 0.6 is 10.0 Å². The van der Waals surface area contributed by atoms with Crippen molar-refractivity contribution in [2.45, 2.75) is 30.9 Å². The first kappa shape index (κ1) is 18.5. The third-order valence-electron chi connectivity index (χ3n) is 4.87. The van der Waals surface area contributed by atoms with Gasteiger partial charge in [-0.25, -0.2) is 4.79 Å². The Kier molecular flexibility index (Phi) is 5.33. The summed E-state index contributed by atoms with van der Waals surface area (Å²) < 4.78 is 4.43. The number of allylic oxidation sites excluding steroid dienone is 1. The average Bonchev–Trinajstić information content (AvgIpc) is 2.65. The Morgan fingerprint density at radius 1 is 1.12 bits per heavy atom. The molecule has 2 aromatic carbocycles. The Morgan fingerprint density at radius 3 is 2.38 bits per heavy atom. The summed E-state index contributed by atoms with van der Waals surface area (Å²) in [5.74, 6) is 1.52. The summed E-state index contributed by atoms with van der Waals surface area (Å²) in [7, 11) is -1.16. The Hall–Kier alpha value is -2.33. The summed E-state index contributed by atoms with van der Waals surface area (Å²) in [5.41, 5.74) is 1.95. The van der Waals surface area contributed by atoms with E-state index in [2.05, 4.69) is 54.3 Å². The van der Waals surface area contributed by atoms with Crippen molar-refractivity contribution in [1.29, 1.82) is 0 Å². The predicted octanol–water partition coefficient (Wildman–Crippen LogP) is 5.31. The molecule has 0 N–H and O–H groups in total. The van der Waals surface area contributed by atoms with Crippen molar-refractivity contribution in [1.82, 2.24) is 0 Å². The summed E-state index contributed by atoms with van der Waals surface area (Å²) in [6.07, 6.45) is 3.49. The highest BCUT2D eigenvalue weighted by Crippen LogP contribution is 2.63. The normalized spacial score (nSPS) is 23.6. The smallest absolute Gasteiger partial charge is 0.345 e. The summed E-state index contributed by atoms with van der Waals surface area (Å²) in [4.78, 5) is 23.4. The van der Waals surface area contributed by atoms with Crippen LogP contribution in [0.5, 0.6) is 0 Å². The van der Waals surface area contributed by atoms with E-state index in [1.54, 1.807) is 12.1 Å². The summed E-state index contributed by atoms with van der Waals surface area (Å²) >= 11 is 0. The fourth-order valence-corrected chi connectivity index (χ4v) is 7.08. The first-order valence-electron chi connectivity index (χ1n) is 8.71. The molecule has 0 radical (unpaired) electrons. The molecule has 1 heterocycles. The van der Waals surface area contributed by atoms with Crippen LogP contribution in [0.4, 0.5) is 0 Å². The van der Waals surface area contributed by atoms with Gasteiger partial charge in [0.15, 0.2) is 0 Å². The molecule has 0 saturated carbocycles. The number of carbonyl (C=O) groups is 2. The van der Waals surface area contributed by atoms with Gasteiger partial charge in [0.1, 0.15) is 0 Å². The van der Waals surface area contributed by atoms with Crippen molar-refractivity contribution in [2.24, 2.45) is 5.41 Å². The first-order valence-corrected chi connectivity index (χ1v) is 10.7. The van der Waals surface area contributed by atoms with Gasteiger partial charge in [0, 0.05) is 5.75 Å². The molecule has 0 bridgehead atoms. The average molecular weight is 368 g/mol. The zero-order valence-corrected chi connectivity index (χ0v) is 16.0. The third kappa shape index (κ3) is 4.07. The Morgan fingerprint density at radius 2 is 1.81 bits per heavy atom. The van der Waals surface area contributed by atoms with Crippen molar-refractivity contribution in [3.63, 3.8) is 0 Å². The fraction of sp³-hybridized carbons (Fsp3) is 0.273. The number of hydrogen-bond acceptors (Lipinski definition) is 3. The quantitative estimate of drug-likeness (QED) is 0.408. The molecule has 0 aliphatic carbocycles. The van der Waals surface area contributed by atoms with Gasteiger partial charge in [-0.3, -0.25) is 4.79 Å². The van der Waals surface area contributed by atoms with E-state index < -0.39 is 16.0 Å². The standard InChI is InChI=1S/C22H24O3S/c1-22(2)12-14-26(15-13-22,16-18-6-4-3-5-7-18)20-10-8-19(9-11-20)21(24)25-17-23/h3-12,14,17H,13,15-16H2,1-2H3. The lowest BCUT2D eigenvalue weighted by Crippen LogP contribution is -2.20. The van der Waals surface area contributed by atoms with Gasteiger partial charge in [0.05, 0.1) is 5.56 Å². The second kappa shape index (κ2) is 7.50. The SMILES string of the molecule is CC1(C)C=CS(Cc2ccccc2)(c2ccc(C(=O)OC=O)cc2)CC1. The molecular formula is C22H24O3S. The minimum Gasteiger partial charge on any atom is -0.392 e. The predicted molar refractivity (Wildman–Crippen MR) is 106 cm³/mol. The lowest BCUT2D eigenvalue weighted by molar-refractivity contribution is -0.123. The van der Waals surface area contributed by atoms with Gasteiger partial charge in [-0.2, -0.15) is 10.0 Å². The van der Waals surface area contributed by atoms with E-state index in [9.17, 15) is 9.59 Å². The van der Waals surface area contributed by atoms with Crippen LogP contribution in [0.1, 0.15) is 36.2 Å². The maximum atomic E-state index is 11.7. The summed E-state index contributed by atoms with van der Waals surface area (Å²) in [6, 6.07) is 18.1. The van der Waals surface area contributed by atoms with Gasteiger partial charge in [0.25, 0.3) is 0 Å². The monoisotopic (exact) mass is 368 g/mol. The van der Waals surface area contributed by atoms with Crippen molar-refractivity contribution in [3.05, 3.63) is 77.2 Å². The molecule has 4 heteroatoms. The Labute approximate surface area is 156 Å². The molecule has 2 aromatic rings. The highest BCUT2D eigenvalue weighted by molar-refractivity contribution is 8.35. The van der Waals surface area contributed by atoms with Crippen molar-refractivity contribution >= 4 is 22.5 Å². The second-order valence-electron chi connectivity index (χ2n) is 7.35. The molecule has 1 unspecified atom stereocenters. The van der Waals surface area contributed by atoms with Crippen molar-refractivity contribution in [2.75, 3.05) is 5.75 Å². The molecule has 0 aromatic heterocycles. The van der Waals surface area contributed by atoms with E-state index >= 15 is 0 Å². The van der Waals surface area contributed by atoms with Crippen LogP contribution in [-0.2, 0) is 15.3 Å². The Bertz CT molecular complexity index is 809. The topological polar surface area (TPSA) is 43.4 Å². The molecule has 0 saturated heterocycles. The van der Waals surface area contributed by atoms with E-state index in [-0.39, 0.29) is 11.9 Å². The number of rotatable bonds is 5. The van der Waals surface area contributed by atoms with Crippen LogP contribution in [0.2, 0.25) is 0 Å². The van der Waals surface area contributed by atoms with Crippen LogP contribution in [-0.4, -0.2) is 18.2 Å². The fourth-order valence-electron chi connectivity index (χ4n) is 3.16. The van der Waals surface area contributed by atoms with E-state index in [4.69, 9.17) is 0 Å². The minimum atomic E-state index is -1.16. The lowest BCUT2D eigenvalue weighted by atomic mass is 9.90. The van der Waals surface area contributed by atoms with Crippen LogP contribution in [0.15, 0.2) is 71.0 Å². The zero-order chi connectivity index (χ0) is 18.6. The number of benzene rings is 2. The Balaban J connectivity index is 1.96. The van der Waals surface area contributed by atoms with E-state index in [1.807, 2.05) is 18.2 Å². The molecule has 1 aliphatic rings. The molecule has 136 valence electrons. The van der Waals surface area contributed by atoms with Gasteiger partial charge in [-0.1, -0.05) is 50.3 Å². The molecular weight excluding hydrogens is 344 g/mol. The van der Waals surface area contributed by atoms with Crippen LogP contribution in [0.3, 0.4) is 0 Å². The van der Waals surface area contributed by atoms with Crippen LogP contribution in [0, 0.1) is 5.41 Å². The molecule has 0 spiro atoms. The number of hydrogen-bond donors (Lipinski definition) is 0. The van der Waals surface area contributed by atoms with Gasteiger partial charge in [-0.15, -0.1) is 0 Å². The zero-order valence-electron chi connectivity index (χ0n) is 15.2. The second-order valence-corrected chi connectivity index (χ2v) is 10.7. The largest absolute Gasteiger partial charge is 0.392 e. The van der Waals surface area contributed by atoms with Gasteiger partial charge in [-0.05, 0) is 57.7 Å². The van der Waals surface area contributed by atoms with Crippen LogP contribution < -0.4 is 0 Å². The molecule has 3 rings (SSSR count). The summed E-state index contributed by atoms with van der Waals surface area (Å²) in [5, 5.41) is 2.42. The van der Waals surface area contributed by atoms with E-state index in [0.717, 1.165) is 17.9 Å². The number of esters is 1. The first-order chi connectivity index (χ1) is 12.4. The highest BCUT2D eigenvalue weighted by Gasteiger charge is 2.31. The van der Waals surface area contributed by atoms with Gasteiger partial charge < -0.3 is 4.74 Å². The van der Waals surface area contributed by atoms with E-state index in [1.165, 1.54) is 10.5 Å². The third-order valence-corrected chi connectivity index (χ3v) is 8.52. The highest BCUT2D eigenvalue weighted by atomic mass is 32.3. The maximum absolute atomic E-state index is 11.7. The molecule has 1 atom stereocenters. The number of ether oxygens (including phenoxy) is 1. The van der Waals surface area contributed by atoms with Crippen molar-refractivity contribution < 1.29 is 14.3 Å². The minimum absolute atomic E-state index is 0.171. The summed E-state index contributed by atoms with van der Waals surface area (Å²) in [6.45, 7) is 4.71. The number of carbonyl (C=O) groups excluding carboxylic acids is 2. The van der Waals surface area contributed by atoms with Gasteiger partial charge >= 0.3 is 12.4 Å². The lowest BCUT2D eigenvalue weighted by Gasteiger charge is -2.44. The van der Waals surface area contributed by atoms with Gasteiger partial charge in [0.2, 0.25) is 0 Å². The van der Waals surface area contributed by atoms with E-state index in [0.29, 0.717) is 5.56 Å². The van der Waals surface area contributed by atoms with Crippen LogP contribution in [0.25, 0.3) is 0 Å². The molecule has 26 heavy (non-hydrogen) atoms. The molecule has 0 fully saturated rings. The maximum Gasteiger partial charge on any atom is 0.345 e. The molecule has 3 nitrogen and oxygen atoms in total. The molecule has 0 amide bonds. The molecule has 1 aliphatic heterocycles. The van der Waals surface area contributed by atoms with Crippen molar-refractivity contribution in [3.8, 4) is 0 Å².